The van der Waals surface area contributed by atoms with Crippen molar-refractivity contribution >= 4 is 23.1 Å². The van der Waals surface area contributed by atoms with E-state index < -0.39 is 16.7 Å². The number of ketones is 1. The third-order valence-corrected chi connectivity index (χ3v) is 5.55. The van der Waals surface area contributed by atoms with Crippen LogP contribution in [0.2, 0.25) is 0 Å². The van der Waals surface area contributed by atoms with Crippen LogP contribution in [0.4, 0.5) is 15.8 Å². The maximum atomic E-state index is 13.8. The standard InChI is InChI=1S/C22H19FN2O5/c1-30-15-8-9-17(19(11-15)25(28)29)24-18-6-3-7-20(26)22(18)16(12-21(24)27)13-4-2-5-14(23)10-13/h2,4-5,8-11,16H,3,6-7,12H2,1H3. The Labute approximate surface area is 171 Å². The van der Waals surface area contributed by atoms with Gasteiger partial charge in [0.2, 0.25) is 5.91 Å². The number of hydrogen-bond acceptors (Lipinski definition) is 5. The number of nitrogens with zero attached hydrogens (tertiary/aromatic N) is 2. The molecule has 1 heterocycles. The molecule has 0 N–H and O–H groups in total. The SMILES string of the molecule is COc1ccc(N2C(=O)CC(c3cccc(F)c3)C3=C2CCCC3=O)c([N+](=O)[O-])c1. The predicted molar refractivity (Wildman–Crippen MR) is 107 cm³/mol. The van der Waals surface area contributed by atoms with E-state index in [1.807, 2.05) is 0 Å². The number of methoxy groups -OCH3 is 1. The molecular formula is C22H19FN2O5. The zero-order chi connectivity index (χ0) is 21.4. The van der Waals surface area contributed by atoms with Crippen molar-refractivity contribution in [1.29, 1.82) is 0 Å². The van der Waals surface area contributed by atoms with Crippen LogP contribution in [0, 0.1) is 15.9 Å². The van der Waals surface area contributed by atoms with Crippen LogP contribution in [0.25, 0.3) is 0 Å². The van der Waals surface area contributed by atoms with Crippen LogP contribution < -0.4 is 9.64 Å². The van der Waals surface area contributed by atoms with Gasteiger partial charge in [0.15, 0.2) is 5.78 Å². The van der Waals surface area contributed by atoms with Crippen molar-refractivity contribution in [3.8, 4) is 5.75 Å². The molecule has 30 heavy (non-hydrogen) atoms. The highest BCUT2D eigenvalue weighted by molar-refractivity contribution is 6.08. The normalized spacial score (nSPS) is 19.0. The first-order valence-electron chi connectivity index (χ1n) is 9.57. The molecular weight excluding hydrogens is 391 g/mol. The van der Waals surface area contributed by atoms with E-state index in [0.717, 1.165) is 0 Å². The number of allylic oxidation sites excluding steroid dienone is 2. The first-order chi connectivity index (χ1) is 14.4. The maximum absolute atomic E-state index is 13.8. The van der Waals surface area contributed by atoms with Gasteiger partial charge in [-0.1, -0.05) is 12.1 Å². The van der Waals surface area contributed by atoms with Crippen LogP contribution in [0.5, 0.6) is 5.75 Å². The van der Waals surface area contributed by atoms with E-state index in [4.69, 9.17) is 4.74 Å². The first-order valence-corrected chi connectivity index (χ1v) is 9.57. The van der Waals surface area contributed by atoms with E-state index in [1.54, 1.807) is 18.2 Å². The minimum Gasteiger partial charge on any atom is -0.496 e. The van der Waals surface area contributed by atoms with Gasteiger partial charge in [-0.3, -0.25) is 24.6 Å². The fraction of sp³-hybridized carbons (Fsp3) is 0.273. The van der Waals surface area contributed by atoms with Crippen molar-refractivity contribution in [2.24, 2.45) is 0 Å². The number of Topliss-reactive ketones (excluding diaryl/α,β-unsaturated/α-hetero) is 1. The van der Waals surface area contributed by atoms with E-state index in [-0.39, 0.29) is 29.5 Å². The Kier molecular flexibility index (Phi) is 5.07. The average molecular weight is 410 g/mol. The van der Waals surface area contributed by atoms with Crippen molar-refractivity contribution in [3.05, 3.63) is 75.2 Å². The van der Waals surface area contributed by atoms with Gasteiger partial charge in [0.1, 0.15) is 17.3 Å². The molecule has 0 saturated heterocycles. The molecule has 154 valence electrons. The van der Waals surface area contributed by atoms with E-state index in [0.29, 0.717) is 41.8 Å². The summed E-state index contributed by atoms with van der Waals surface area (Å²) in [5.41, 5.74) is 1.28. The van der Waals surface area contributed by atoms with E-state index in [2.05, 4.69) is 0 Å². The molecule has 4 rings (SSSR count). The Hall–Kier alpha value is -3.55. The number of ether oxygens (including phenoxy) is 1. The summed E-state index contributed by atoms with van der Waals surface area (Å²) in [5, 5.41) is 11.7. The van der Waals surface area contributed by atoms with Crippen LogP contribution in [0.15, 0.2) is 53.7 Å². The maximum Gasteiger partial charge on any atom is 0.297 e. The van der Waals surface area contributed by atoms with Crippen LogP contribution in [0.1, 0.15) is 37.2 Å². The highest BCUT2D eigenvalue weighted by Crippen LogP contribution is 2.45. The number of rotatable bonds is 4. The van der Waals surface area contributed by atoms with Crippen LogP contribution in [0.3, 0.4) is 0 Å². The topological polar surface area (TPSA) is 89.8 Å². The zero-order valence-corrected chi connectivity index (χ0v) is 16.3. The summed E-state index contributed by atoms with van der Waals surface area (Å²) in [7, 11) is 1.40. The highest BCUT2D eigenvalue weighted by Gasteiger charge is 2.41. The van der Waals surface area contributed by atoms with E-state index in [1.165, 1.54) is 36.3 Å². The van der Waals surface area contributed by atoms with Gasteiger partial charge < -0.3 is 4.74 Å². The van der Waals surface area contributed by atoms with Gasteiger partial charge in [0, 0.05) is 30.0 Å². The molecule has 2 aromatic carbocycles. The van der Waals surface area contributed by atoms with E-state index >= 15 is 0 Å². The second-order valence-corrected chi connectivity index (χ2v) is 7.29. The molecule has 1 amide bonds. The van der Waals surface area contributed by atoms with Crippen molar-refractivity contribution in [1.82, 2.24) is 0 Å². The molecule has 1 atom stereocenters. The molecule has 0 bridgehead atoms. The van der Waals surface area contributed by atoms with Crippen molar-refractivity contribution in [2.45, 2.75) is 31.6 Å². The lowest BCUT2D eigenvalue weighted by atomic mass is 9.77. The monoisotopic (exact) mass is 410 g/mol. The van der Waals surface area contributed by atoms with Crippen molar-refractivity contribution in [2.75, 3.05) is 12.0 Å². The molecule has 8 heteroatoms. The molecule has 1 aliphatic carbocycles. The van der Waals surface area contributed by atoms with Crippen molar-refractivity contribution in [3.63, 3.8) is 0 Å². The number of nitro benzene ring substituents is 1. The van der Waals surface area contributed by atoms with Gasteiger partial charge in [-0.05, 0) is 42.7 Å². The number of halogens is 1. The van der Waals surface area contributed by atoms with Gasteiger partial charge in [-0.15, -0.1) is 0 Å². The van der Waals surface area contributed by atoms with Crippen molar-refractivity contribution < 1.29 is 23.6 Å². The smallest absolute Gasteiger partial charge is 0.297 e. The molecule has 2 aromatic rings. The highest BCUT2D eigenvalue weighted by atomic mass is 19.1. The van der Waals surface area contributed by atoms with Gasteiger partial charge >= 0.3 is 0 Å². The number of hydrogen-bond donors (Lipinski definition) is 0. The average Bonchev–Trinajstić information content (AvgIpc) is 2.73. The Morgan fingerprint density at radius 1 is 1.17 bits per heavy atom. The predicted octanol–water partition coefficient (Wildman–Crippen LogP) is 4.27. The summed E-state index contributed by atoms with van der Waals surface area (Å²) in [6.07, 6.45) is 1.23. The second-order valence-electron chi connectivity index (χ2n) is 7.29. The minimum absolute atomic E-state index is 0.0722. The Bertz CT molecular complexity index is 1090. The number of carbonyl (C=O) groups excluding carboxylic acids is 2. The van der Waals surface area contributed by atoms with Crippen LogP contribution in [-0.2, 0) is 9.59 Å². The van der Waals surface area contributed by atoms with Gasteiger partial charge in [0.05, 0.1) is 18.1 Å². The molecule has 0 spiro atoms. The number of carbonyl (C=O) groups is 2. The molecule has 0 radical (unpaired) electrons. The Balaban J connectivity index is 1.90. The number of anilines is 1. The molecule has 0 aromatic heterocycles. The van der Waals surface area contributed by atoms with Gasteiger partial charge in [-0.2, -0.15) is 0 Å². The quantitative estimate of drug-likeness (QED) is 0.555. The molecule has 1 aliphatic heterocycles. The summed E-state index contributed by atoms with van der Waals surface area (Å²) < 4.78 is 18.9. The summed E-state index contributed by atoms with van der Waals surface area (Å²) in [6, 6.07) is 10.1. The fourth-order valence-electron chi connectivity index (χ4n) is 4.25. The molecule has 1 unspecified atom stereocenters. The zero-order valence-electron chi connectivity index (χ0n) is 16.3. The molecule has 7 nitrogen and oxygen atoms in total. The first kappa shape index (κ1) is 19.8. The van der Waals surface area contributed by atoms with Crippen LogP contribution >= 0.6 is 0 Å². The van der Waals surface area contributed by atoms with Crippen LogP contribution in [-0.4, -0.2) is 23.7 Å². The number of benzene rings is 2. The van der Waals surface area contributed by atoms with Gasteiger partial charge in [-0.25, -0.2) is 4.39 Å². The Morgan fingerprint density at radius 2 is 1.97 bits per heavy atom. The number of amides is 1. The fourth-order valence-corrected chi connectivity index (χ4v) is 4.25. The summed E-state index contributed by atoms with van der Waals surface area (Å²) in [5.74, 6) is -1.20. The summed E-state index contributed by atoms with van der Waals surface area (Å²) >= 11 is 0. The lowest BCUT2D eigenvalue weighted by Crippen LogP contribution is -2.40. The molecule has 0 fully saturated rings. The lowest BCUT2D eigenvalue weighted by Gasteiger charge is -2.38. The largest absolute Gasteiger partial charge is 0.496 e. The Morgan fingerprint density at radius 3 is 2.67 bits per heavy atom. The minimum atomic E-state index is -0.575. The second kappa shape index (κ2) is 7.70. The number of nitro groups is 1. The van der Waals surface area contributed by atoms with Gasteiger partial charge in [0.25, 0.3) is 5.69 Å². The molecule has 2 aliphatic rings. The lowest BCUT2D eigenvalue weighted by molar-refractivity contribution is -0.384. The molecule has 0 saturated carbocycles. The third-order valence-electron chi connectivity index (χ3n) is 5.55. The third kappa shape index (κ3) is 3.34. The summed E-state index contributed by atoms with van der Waals surface area (Å²) in [4.78, 5) is 38.4. The van der Waals surface area contributed by atoms with E-state index in [9.17, 15) is 24.1 Å². The summed E-state index contributed by atoms with van der Waals surface area (Å²) in [6.45, 7) is 0.